The topological polar surface area (TPSA) is 66.3 Å². The van der Waals surface area contributed by atoms with Crippen LogP contribution in [0.15, 0.2) is 72.9 Å². The third-order valence-corrected chi connectivity index (χ3v) is 7.22. The molecule has 0 atom stereocenters. The molecular formula is C29H28ClN3O2. The first kappa shape index (κ1) is 23.3. The number of nitrogens with zero attached hydrogens (tertiary/aromatic N) is 3. The number of hydrogen-bond donors (Lipinski definition) is 1. The number of hydrogen-bond acceptors (Lipinski definition) is 3. The first-order valence-electron chi connectivity index (χ1n) is 11.9. The van der Waals surface area contributed by atoms with Gasteiger partial charge in [0.25, 0.3) is 0 Å². The summed E-state index contributed by atoms with van der Waals surface area (Å²) in [5, 5.41) is 11.4. The normalized spacial score (nSPS) is 15.0. The average Bonchev–Trinajstić information content (AvgIpc) is 2.80. The summed E-state index contributed by atoms with van der Waals surface area (Å²) in [6, 6.07) is 22.4. The maximum Gasteiger partial charge on any atom is 0.408 e. The van der Waals surface area contributed by atoms with E-state index in [9.17, 15) is 9.90 Å². The summed E-state index contributed by atoms with van der Waals surface area (Å²) in [5.74, 6) is 0. The van der Waals surface area contributed by atoms with E-state index in [1.165, 1.54) is 0 Å². The molecule has 1 amide bonds. The van der Waals surface area contributed by atoms with E-state index < -0.39 is 17.2 Å². The predicted molar refractivity (Wildman–Crippen MR) is 141 cm³/mol. The van der Waals surface area contributed by atoms with Crippen molar-refractivity contribution >= 4 is 28.6 Å². The number of rotatable bonds is 4. The maximum absolute atomic E-state index is 12.3. The van der Waals surface area contributed by atoms with Crippen LogP contribution in [0.4, 0.5) is 4.79 Å². The van der Waals surface area contributed by atoms with Gasteiger partial charge in [-0.2, -0.15) is 0 Å². The molecule has 0 bridgehead atoms. The second kappa shape index (κ2) is 8.65. The van der Waals surface area contributed by atoms with Crippen LogP contribution in [0.5, 0.6) is 0 Å². The summed E-state index contributed by atoms with van der Waals surface area (Å²) >= 11 is 6.40. The van der Waals surface area contributed by atoms with Crippen LogP contribution in [0.25, 0.3) is 33.3 Å². The lowest BCUT2D eigenvalue weighted by Gasteiger charge is -2.54. The van der Waals surface area contributed by atoms with E-state index in [4.69, 9.17) is 16.6 Å². The largest absolute Gasteiger partial charge is 0.465 e. The molecule has 1 N–H and O–H groups in total. The van der Waals surface area contributed by atoms with Gasteiger partial charge in [0.1, 0.15) is 5.52 Å². The lowest BCUT2D eigenvalue weighted by molar-refractivity contribution is -0.0327. The van der Waals surface area contributed by atoms with Gasteiger partial charge >= 0.3 is 6.09 Å². The number of amides is 1. The zero-order valence-electron chi connectivity index (χ0n) is 20.1. The summed E-state index contributed by atoms with van der Waals surface area (Å²) in [4.78, 5) is 23.1. The fourth-order valence-electron chi connectivity index (χ4n) is 5.33. The number of aromatic nitrogens is 2. The summed E-state index contributed by atoms with van der Waals surface area (Å²) in [6.45, 7) is 5.87. The molecule has 1 aliphatic carbocycles. The van der Waals surface area contributed by atoms with E-state index in [0.29, 0.717) is 10.7 Å². The quantitative estimate of drug-likeness (QED) is 0.300. The Labute approximate surface area is 210 Å². The number of pyridine rings is 2. The van der Waals surface area contributed by atoms with E-state index in [2.05, 4.69) is 35.3 Å². The Balaban J connectivity index is 1.64. The highest BCUT2D eigenvalue weighted by molar-refractivity contribution is 6.33. The van der Waals surface area contributed by atoms with Crippen molar-refractivity contribution in [3.63, 3.8) is 0 Å². The number of fused-ring (bicyclic) bond motifs is 1. The van der Waals surface area contributed by atoms with Gasteiger partial charge < -0.3 is 5.11 Å². The molecule has 5 nitrogen and oxygen atoms in total. The Morgan fingerprint density at radius 1 is 1.00 bits per heavy atom. The minimum atomic E-state index is -0.883. The molecule has 0 aliphatic heterocycles. The molecule has 4 aromatic rings. The molecule has 0 saturated heterocycles. The molecule has 0 unspecified atom stereocenters. The highest BCUT2D eigenvalue weighted by Gasteiger charge is 2.50. The zero-order chi connectivity index (χ0) is 24.8. The minimum Gasteiger partial charge on any atom is -0.465 e. The number of benzene rings is 2. The lowest BCUT2D eigenvalue weighted by Crippen LogP contribution is -2.60. The Bertz CT molecular complexity index is 1390. The molecule has 0 spiro atoms. The average molecular weight is 486 g/mol. The molecule has 0 radical (unpaired) electrons. The third kappa shape index (κ3) is 4.04. The first-order chi connectivity index (χ1) is 16.7. The smallest absolute Gasteiger partial charge is 0.408 e. The van der Waals surface area contributed by atoms with Gasteiger partial charge in [-0.05, 0) is 63.3 Å². The minimum absolute atomic E-state index is 0.371. The van der Waals surface area contributed by atoms with Gasteiger partial charge in [-0.15, -0.1) is 0 Å². The Kier molecular flexibility index (Phi) is 5.76. The van der Waals surface area contributed by atoms with E-state index in [1.807, 2.05) is 57.2 Å². The van der Waals surface area contributed by atoms with Crippen molar-refractivity contribution in [1.82, 2.24) is 14.9 Å². The molecule has 2 aromatic carbocycles. The highest BCUT2D eigenvalue weighted by Crippen LogP contribution is 2.49. The molecule has 2 aromatic heterocycles. The first-order valence-corrected chi connectivity index (χ1v) is 12.2. The molecular weight excluding hydrogens is 458 g/mol. The third-order valence-electron chi connectivity index (χ3n) is 6.94. The van der Waals surface area contributed by atoms with Crippen molar-refractivity contribution < 1.29 is 9.90 Å². The van der Waals surface area contributed by atoms with Crippen LogP contribution in [-0.2, 0) is 5.54 Å². The molecule has 1 aliphatic rings. The van der Waals surface area contributed by atoms with E-state index in [0.717, 1.165) is 52.6 Å². The van der Waals surface area contributed by atoms with Gasteiger partial charge in [0, 0.05) is 28.2 Å². The zero-order valence-corrected chi connectivity index (χ0v) is 20.9. The Morgan fingerprint density at radius 2 is 1.69 bits per heavy atom. The van der Waals surface area contributed by atoms with Crippen molar-refractivity contribution in [3.05, 3.63) is 83.6 Å². The van der Waals surface area contributed by atoms with Crippen LogP contribution >= 0.6 is 11.6 Å². The van der Waals surface area contributed by atoms with Crippen molar-refractivity contribution in [2.24, 2.45) is 0 Å². The monoisotopic (exact) mass is 485 g/mol. The van der Waals surface area contributed by atoms with Crippen molar-refractivity contribution in [2.45, 2.75) is 51.1 Å². The lowest BCUT2D eigenvalue weighted by atomic mass is 9.69. The van der Waals surface area contributed by atoms with Gasteiger partial charge in [-0.25, -0.2) is 14.8 Å². The van der Waals surface area contributed by atoms with Gasteiger partial charge in [-0.3, -0.25) is 4.90 Å². The Morgan fingerprint density at radius 3 is 2.26 bits per heavy atom. The standard InChI is InChI=1S/C29H28ClN3O2/c1-28(2,3)33(27(34)35)29(15-7-16-29)22-12-10-20(11-13-22)24-23(19-8-5-4-6-9-19)18-21-14-17-31-26(30)25(21)32-24/h4-6,8-14,17-18H,7,15-16H2,1-3H3,(H,34,35). The number of halogens is 1. The van der Waals surface area contributed by atoms with Gasteiger partial charge in [0.2, 0.25) is 0 Å². The van der Waals surface area contributed by atoms with Crippen molar-refractivity contribution in [3.8, 4) is 22.4 Å². The predicted octanol–water partition coefficient (Wildman–Crippen LogP) is 7.77. The van der Waals surface area contributed by atoms with Crippen LogP contribution in [0.2, 0.25) is 5.15 Å². The molecule has 2 heterocycles. The summed E-state index contributed by atoms with van der Waals surface area (Å²) in [5.41, 5.74) is 4.51. The van der Waals surface area contributed by atoms with Crippen LogP contribution in [0.1, 0.15) is 45.6 Å². The van der Waals surface area contributed by atoms with Gasteiger partial charge in [0.05, 0.1) is 11.2 Å². The van der Waals surface area contributed by atoms with Crippen molar-refractivity contribution in [1.29, 1.82) is 0 Å². The molecule has 1 fully saturated rings. The molecule has 35 heavy (non-hydrogen) atoms. The number of carboxylic acid groups (broad SMARTS) is 1. The molecule has 178 valence electrons. The van der Waals surface area contributed by atoms with Crippen LogP contribution in [-0.4, -0.2) is 31.6 Å². The molecule has 5 rings (SSSR count). The van der Waals surface area contributed by atoms with Crippen LogP contribution < -0.4 is 0 Å². The molecule has 6 heteroatoms. The summed E-state index contributed by atoms with van der Waals surface area (Å²) < 4.78 is 0. The SMILES string of the molecule is CC(C)(C)N(C(=O)O)C1(c2ccc(-c3nc4c(Cl)nccc4cc3-c3ccccc3)cc2)CCC1. The van der Waals surface area contributed by atoms with E-state index in [1.54, 1.807) is 11.1 Å². The highest BCUT2D eigenvalue weighted by atomic mass is 35.5. The van der Waals surface area contributed by atoms with Gasteiger partial charge in [-0.1, -0.05) is 66.2 Å². The Hall–Kier alpha value is -3.44. The maximum atomic E-state index is 12.3. The second-order valence-corrected chi connectivity index (χ2v) is 10.5. The van der Waals surface area contributed by atoms with E-state index in [-0.39, 0.29) is 0 Å². The van der Waals surface area contributed by atoms with Crippen molar-refractivity contribution in [2.75, 3.05) is 0 Å². The fraction of sp³-hybridized carbons (Fsp3) is 0.276. The van der Waals surface area contributed by atoms with Crippen LogP contribution in [0.3, 0.4) is 0 Å². The van der Waals surface area contributed by atoms with Gasteiger partial charge in [0.15, 0.2) is 5.15 Å². The number of carbonyl (C=O) groups is 1. The summed E-state index contributed by atoms with van der Waals surface area (Å²) in [7, 11) is 0. The van der Waals surface area contributed by atoms with Crippen LogP contribution in [0, 0.1) is 0 Å². The second-order valence-electron chi connectivity index (χ2n) is 10.2. The summed E-state index contributed by atoms with van der Waals surface area (Å²) in [6.07, 6.45) is 3.46. The molecule has 1 saturated carbocycles. The fourth-order valence-corrected chi connectivity index (χ4v) is 5.53. The van der Waals surface area contributed by atoms with E-state index >= 15 is 0 Å².